The fourth-order valence-electron chi connectivity index (χ4n) is 4.21. The van der Waals surface area contributed by atoms with Gasteiger partial charge in [-0.2, -0.15) is 0 Å². The van der Waals surface area contributed by atoms with Crippen molar-refractivity contribution in [3.63, 3.8) is 0 Å². The molecule has 31 heavy (non-hydrogen) atoms. The molecule has 152 valence electrons. The quantitative estimate of drug-likeness (QED) is 0.419. The van der Waals surface area contributed by atoms with Gasteiger partial charge in [0, 0.05) is 29.3 Å². The molecule has 0 aliphatic heterocycles. The lowest BCUT2D eigenvalue weighted by molar-refractivity contribution is 0.0687. The van der Waals surface area contributed by atoms with Gasteiger partial charge in [0.2, 0.25) is 0 Å². The van der Waals surface area contributed by atoms with Crippen molar-refractivity contribution < 1.29 is 14.3 Å². The smallest absolute Gasteiger partial charge is 0.353 e. The summed E-state index contributed by atoms with van der Waals surface area (Å²) in [5.41, 5.74) is 8.01. The minimum atomic E-state index is -1.12. The van der Waals surface area contributed by atoms with E-state index in [0.29, 0.717) is 22.3 Å². The number of hydrogen-bond acceptors (Lipinski definition) is 3. The second-order valence-electron chi connectivity index (χ2n) is 7.36. The highest BCUT2D eigenvalue weighted by molar-refractivity contribution is 6.18. The number of carboxylic acid groups (broad SMARTS) is 1. The maximum Gasteiger partial charge on any atom is 0.353 e. The van der Waals surface area contributed by atoms with Gasteiger partial charge in [-0.3, -0.25) is 0 Å². The van der Waals surface area contributed by atoms with E-state index in [-0.39, 0.29) is 17.8 Å². The van der Waals surface area contributed by atoms with Crippen molar-refractivity contribution in [2.45, 2.75) is 6.54 Å². The largest absolute Gasteiger partial charge is 0.477 e. The van der Waals surface area contributed by atoms with E-state index in [1.54, 1.807) is 41.1 Å². The normalized spacial score (nSPS) is 11.3. The third-order valence-electron chi connectivity index (χ3n) is 5.49. The lowest BCUT2D eigenvalue weighted by Gasteiger charge is -2.10. The van der Waals surface area contributed by atoms with Gasteiger partial charge in [-0.1, -0.05) is 48.5 Å². The molecule has 0 aliphatic rings. The molecule has 0 fully saturated rings. The first-order valence-electron chi connectivity index (χ1n) is 9.77. The third-order valence-corrected chi connectivity index (χ3v) is 5.49. The van der Waals surface area contributed by atoms with E-state index in [2.05, 4.69) is 4.98 Å². The molecule has 0 saturated heterocycles. The average molecular weight is 411 g/mol. The minimum absolute atomic E-state index is 0.0341. The van der Waals surface area contributed by atoms with Crippen LogP contribution in [-0.2, 0) is 6.54 Å². The monoisotopic (exact) mass is 411 g/mol. The van der Waals surface area contributed by atoms with E-state index in [9.17, 15) is 14.3 Å². The first-order valence-corrected chi connectivity index (χ1v) is 9.77. The van der Waals surface area contributed by atoms with Crippen LogP contribution >= 0.6 is 0 Å². The number of nitrogens with zero attached hydrogens (tertiary/aromatic N) is 2. The van der Waals surface area contributed by atoms with E-state index in [0.717, 1.165) is 16.3 Å². The van der Waals surface area contributed by atoms with Crippen LogP contribution in [0, 0.1) is 5.82 Å². The summed E-state index contributed by atoms with van der Waals surface area (Å²) in [6, 6.07) is 21.3. The van der Waals surface area contributed by atoms with Crippen LogP contribution < -0.4 is 5.73 Å². The van der Waals surface area contributed by atoms with Gasteiger partial charge in [0.1, 0.15) is 17.3 Å². The molecule has 2 aromatic heterocycles. The Labute approximate surface area is 177 Å². The summed E-state index contributed by atoms with van der Waals surface area (Å²) in [4.78, 5) is 16.5. The molecule has 5 rings (SSSR count). The van der Waals surface area contributed by atoms with Crippen LogP contribution in [0.25, 0.3) is 32.8 Å². The zero-order valence-corrected chi connectivity index (χ0v) is 16.4. The number of hydrogen-bond donors (Lipinski definition) is 2. The van der Waals surface area contributed by atoms with Crippen molar-refractivity contribution in [3.8, 4) is 11.1 Å². The molecular formula is C25H18FN3O2. The third kappa shape index (κ3) is 3.09. The molecule has 0 aliphatic carbocycles. The van der Waals surface area contributed by atoms with Crippen LogP contribution in [0.15, 0.2) is 79.0 Å². The fraction of sp³-hybridized carbons (Fsp3) is 0.0400. The number of fused-ring (bicyclic) bond motifs is 3. The molecule has 0 unspecified atom stereocenters. The van der Waals surface area contributed by atoms with Gasteiger partial charge in [-0.25, -0.2) is 14.2 Å². The summed E-state index contributed by atoms with van der Waals surface area (Å²) >= 11 is 0. The lowest BCUT2D eigenvalue weighted by Crippen LogP contribution is -2.11. The molecule has 3 aromatic carbocycles. The van der Waals surface area contributed by atoms with Crippen LogP contribution in [0.1, 0.15) is 16.1 Å². The van der Waals surface area contributed by atoms with Gasteiger partial charge in [0.05, 0.1) is 5.52 Å². The number of anilines is 1. The Bertz CT molecular complexity index is 1470. The van der Waals surface area contributed by atoms with E-state index < -0.39 is 11.8 Å². The second kappa shape index (κ2) is 7.25. The van der Waals surface area contributed by atoms with E-state index in [1.165, 1.54) is 6.07 Å². The molecule has 0 atom stereocenters. The van der Waals surface area contributed by atoms with Gasteiger partial charge in [0.25, 0.3) is 0 Å². The first kappa shape index (κ1) is 18.8. The van der Waals surface area contributed by atoms with Crippen LogP contribution in [0.3, 0.4) is 0 Å². The summed E-state index contributed by atoms with van der Waals surface area (Å²) in [6.45, 7) is 0.262. The number of pyridine rings is 1. The molecule has 5 nitrogen and oxygen atoms in total. The molecule has 0 radical (unpaired) electrons. The second-order valence-corrected chi connectivity index (χ2v) is 7.36. The number of carboxylic acids is 1. The zero-order valence-electron chi connectivity index (χ0n) is 16.4. The first-order chi connectivity index (χ1) is 15.0. The number of nitrogens with two attached hydrogens (primary N) is 1. The maximum absolute atomic E-state index is 14.9. The molecule has 3 N–H and O–H groups in total. The minimum Gasteiger partial charge on any atom is -0.477 e. The standard InChI is InChI=1S/C25H18FN3O2/c26-19-8-4-3-7-18(19)23-22-17-6-2-1-5-16(17)9-10-20(22)29(24(23)25(30)31)14-15-11-12-28-21(27)13-15/h1-13H,14H2,(H2,27,28)(H,30,31). The molecule has 6 heteroatoms. The molecule has 5 aromatic rings. The van der Waals surface area contributed by atoms with E-state index >= 15 is 0 Å². The summed E-state index contributed by atoms with van der Waals surface area (Å²) in [5.74, 6) is -1.24. The highest BCUT2D eigenvalue weighted by atomic mass is 19.1. The summed E-state index contributed by atoms with van der Waals surface area (Å²) in [5, 5.41) is 12.8. The molecule has 2 heterocycles. The number of carbonyl (C=O) groups is 1. The Morgan fingerprint density at radius 1 is 1.03 bits per heavy atom. The van der Waals surface area contributed by atoms with Crippen LogP contribution in [0.2, 0.25) is 0 Å². The summed E-state index contributed by atoms with van der Waals surface area (Å²) < 4.78 is 16.6. The average Bonchev–Trinajstić information content (AvgIpc) is 3.09. The Morgan fingerprint density at radius 2 is 1.81 bits per heavy atom. The topological polar surface area (TPSA) is 81.1 Å². The Morgan fingerprint density at radius 3 is 2.58 bits per heavy atom. The van der Waals surface area contributed by atoms with Gasteiger partial charge in [0.15, 0.2) is 0 Å². The molecule has 0 spiro atoms. The number of rotatable bonds is 4. The predicted molar refractivity (Wildman–Crippen MR) is 120 cm³/mol. The van der Waals surface area contributed by atoms with E-state index in [4.69, 9.17) is 5.73 Å². The maximum atomic E-state index is 14.9. The molecule has 0 saturated carbocycles. The zero-order chi connectivity index (χ0) is 21.5. The number of halogens is 1. The summed E-state index contributed by atoms with van der Waals surface area (Å²) in [6.07, 6.45) is 1.59. The Hall–Kier alpha value is -4.19. The van der Waals surface area contributed by atoms with Gasteiger partial charge in [-0.15, -0.1) is 0 Å². The lowest BCUT2D eigenvalue weighted by atomic mass is 9.97. The Balaban J connectivity index is 1.93. The molecule has 0 bridgehead atoms. The van der Waals surface area contributed by atoms with Gasteiger partial charge < -0.3 is 15.4 Å². The van der Waals surface area contributed by atoms with Gasteiger partial charge >= 0.3 is 5.97 Å². The van der Waals surface area contributed by atoms with Crippen LogP contribution in [0.4, 0.5) is 10.2 Å². The number of aromatic carboxylic acids is 1. The van der Waals surface area contributed by atoms with Crippen molar-refractivity contribution in [2.75, 3.05) is 5.73 Å². The van der Waals surface area contributed by atoms with Crippen molar-refractivity contribution in [3.05, 3.63) is 96.1 Å². The fourth-order valence-corrected chi connectivity index (χ4v) is 4.21. The SMILES string of the molecule is Nc1cc(Cn2c(C(=O)O)c(-c3ccccc3F)c3c4ccccc4ccc32)ccn1. The number of benzene rings is 3. The highest BCUT2D eigenvalue weighted by Crippen LogP contribution is 2.40. The van der Waals surface area contributed by atoms with Crippen LogP contribution in [0.5, 0.6) is 0 Å². The Kier molecular flexibility index (Phi) is 4.40. The van der Waals surface area contributed by atoms with Crippen molar-refractivity contribution in [2.24, 2.45) is 0 Å². The van der Waals surface area contributed by atoms with E-state index in [1.807, 2.05) is 36.4 Å². The number of aromatic nitrogens is 2. The number of nitrogen functional groups attached to an aromatic ring is 1. The van der Waals surface area contributed by atoms with Crippen molar-refractivity contribution in [1.29, 1.82) is 0 Å². The van der Waals surface area contributed by atoms with Crippen molar-refractivity contribution >= 4 is 33.5 Å². The molecule has 0 amide bonds. The van der Waals surface area contributed by atoms with Crippen molar-refractivity contribution in [1.82, 2.24) is 9.55 Å². The predicted octanol–water partition coefficient (Wildman–Crippen LogP) is 5.32. The van der Waals surface area contributed by atoms with Crippen LogP contribution in [-0.4, -0.2) is 20.6 Å². The summed E-state index contributed by atoms with van der Waals surface area (Å²) in [7, 11) is 0. The molecular weight excluding hydrogens is 393 g/mol. The highest BCUT2D eigenvalue weighted by Gasteiger charge is 2.26. The van der Waals surface area contributed by atoms with Gasteiger partial charge in [-0.05, 0) is 40.6 Å².